The van der Waals surface area contributed by atoms with Crippen LogP contribution >= 0.6 is 11.6 Å². The largest absolute Gasteiger partial charge is 0.497 e. The van der Waals surface area contributed by atoms with Crippen LogP contribution < -0.4 is 20.5 Å². The Kier molecular flexibility index (Phi) is 7.30. The van der Waals surface area contributed by atoms with Gasteiger partial charge in [-0.3, -0.25) is 5.41 Å². The summed E-state index contributed by atoms with van der Waals surface area (Å²) in [5.74, 6) is -0.711. The van der Waals surface area contributed by atoms with Crippen molar-refractivity contribution < 1.29 is 24.5 Å². The smallest absolute Gasteiger partial charge is 0.334 e. The zero-order valence-corrected chi connectivity index (χ0v) is 16.9. The van der Waals surface area contributed by atoms with Crippen molar-refractivity contribution in [2.75, 3.05) is 25.6 Å². The summed E-state index contributed by atoms with van der Waals surface area (Å²) in [6.45, 7) is 1.41. The van der Waals surface area contributed by atoms with E-state index in [9.17, 15) is 9.90 Å². The fraction of sp³-hybridized carbons (Fsp3) is 0.300. The van der Waals surface area contributed by atoms with Crippen LogP contribution in [0.1, 0.15) is 24.5 Å². The van der Waals surface area contributed by atoms with Crippen molar-refractivity contribution in [3.8, 4) is 11.5 Å². The normalized spacial score (nSPS) is 12.7. The second kappa shape index (κ2) is 9.49. The number of carboxylic acid groups (broad SMARTS) is 1. The third-order valence-electron chi connectivity index (χ3n) is 4.50. The van der Waals surface area contributed by atoms with Crippen LogP contribution in [0.2, 0.25) is 5.02 Å². The summed E-state index contributed by atoms with van der Waals surface area (Å²) >= 11 is 6.33. The molecular weight excluding hydrogens is 398 g/mol. The first kappa shape index (κ1) is 22.3. The summed E-state index contributed by atoms with van der Waals surface area (Å²) < 4.78 is 10.8. The van der Waals surface area contributed by atoms with E-state index in [-0.39, 0.29) is 41.8 Å². The Balaban J connectivity index is 2.62. The van der Waals surface area contributed by atoms with Crippen LogP contribution in [0.3, 0.4) is 0 Å². The summed E-state index contributed by atoms with van der Waals surface area (Å²) in [6, 6.07) is 9.58. The molecule has 0 saturated carbocycles. The number of amidine groups is 1. The molecule has 0 heterocycles. The van der Waals surface area contributed by atoms with Crippen molar-refractivity contribution in [3.63, 3.8) is 0 Å². The van der Waals surface area contributed by atoms with E-state index in [2.05, 4.69) is 5.32 Å². The van der Waals surface area contributed by atoms with Crippen LogP contribution in [0.15, 0.2) is 36.4 Å². The molecule has 29 heavy (non-hydrogen) atoms. The predicted molar refractivity (Wildman–Crippen MR) is 111 cm³/mol. The van der Waals surface area contributed by atoms with Gasteiger partial charge in [0.25, 0.3) is 0 Å². The maximum atomic E-state index is 12.5. The van der Waals surface area contributed by atoms with E-state index in [4.69, 9.17) is 37.3 Å². The number of rotatable bonds is 10. The van der Waals surface area contributed by atoms with E-state index in [0.29, 0.717) is 17.0 Å². The van der Waals surface area contributed by atoms with Gasteiger partial charge in [-0.1, -0.05) is 18.5 Å². The van der Waals surface area contributed by atoms with Crippen molar-refractivity contribution in [2.45, 2.75) is 18.9 Å². The summed E-state index contributed by atoms with van der Waals surface area (Å²) in [5.41, 5.74) is 5.17. The van der Waals surface area contributed by atoms with Crippen LogP contribution in [0.25, 0.3) is 0 Å². The van der Waals surface area contributed by atoms with Gasteiger partial charge in [0.05, 0.1) is 18.7 Å². The molecule has 0 aliphatic heterocycles. The number of anilines is 1. The van der Waals surface area contributed by atoms with Gasteiger partial charge in [-0.2, -0.15) is 0 Å². The number of aliphatic hydroxyl groups excluding tert-OH is 1. The zero-order chi connectivity index (χ0) is 21.6. The average Bonchev–Trinajstić information content (AvgIpc) is 2.70. The third-order valence-corrected chi connectivity index (χ3v) is 4.78. The van der Waals surface area contributed by atoms with Gasteiger partial charge in [0, 0.05) is 22.9 Å². The highest BCUT2D eigenvalue weighted by atomic mass is 35.5. The molecule has 0 aliphatic carbocycles. The molecule has 0 saturated heterocycles. The number of nitrogens with two attached hydrogens (primary N) is 1. The highest BCUT2D eigenvalue weighted by Gasteiger charge is 2.42. The van der Waals surface area contributed by atoms with Gasteiger partial charge in [-0.15, -0.1) is 0 Å². The van der Waals surface area contributed by atoms with Gasteiger partial charge in [0.2, 0.25) is 0 Å². The minimum absolute atomic E-state index is 0.0498. The monoisotopic (exact) mass is 421 g/mol. The maximum Gasteiger partial charge on any atom is 0.334 e. The SMILES string of the molecule is CCC(Nc1ccc(C(=N)N)cc1)(C(=O)O)c1cc(OC)cc(Cl)c1OCCO. The van der Waals surface area contributed by atoms with Gasteiger partial charge in [0.1, 0.15) is 23.9 Å². The summed E-state index contributed by atoms with van der Waals surface area (Å²) in [4.78, 5) is 12.5. The van der Waals surface area contributed by atoms with E-state index >= 15 is 0 Å². The lowest BCUT2D eigenvalue weighted by atomic mass is 9.85. The van der Waals surface area contributed by atoms with Crippen molar-refractivity contribution in [2.24, 2.45) is 5.73 Å². The second-order valence-electron chi connectivity index (χ2n) is 6.24. The molecule has 2 aromatic rings. The molecule has 0 amide bonds. The Morgan fingerprint density at radius 2 is 1.97 bits per heavy atom. The number of nitrogen functional groups attached to an aromatic ring is 1. The fourth-order valence-electron chi connectivity index (χ4n) is 2.94. The standard InChI is InChI=1S/C20H24ClN3O5/c1-3-20(19(26)27,24-13-6-4-12(5-7-13)18(22)23)15-10-14(28-2)11-16(21)17(15)29-9-8-25/h4-7,10-11,24-25H,3,8-9H2,1-2H3,(H3,22,23)(H,26,27). The number of carboxylic acids is 1. The number of carbonyl (C=O) groups is 1. The van der Waals surface area contributed by atoms with Crippen LogP contribution in [0.5, 0.6) is 11.5 Å². The van der Waals surface area contributed by atoms with Crippen LogP contribution in [-0.2, 0) is 10.3 Å². The molecule has 2 aromatic carbocycles. The lowest BCUT2D eigenvalue weighted by molar-refractivity contribution is -0.142. The van der Waals surface area contributed by atoms with Crippen LogP contribution in [0.4, 0.5) is 5.69 Å². The molecular formula is C20H24ClN3O5. The first-order valence-electron chi connectivity index (χ1n) is 8.86. The van der Waals surface area contributed by atoms with E-state index < -0.39 is 11.5 Å². The minimum Gasteiger partial charge on any atom is -0.497 e. The summed E-state index contributed by atoms with van der Waals surface area (Å²) in [5, 5.41) is 30.0. The van der Waals surface area contributed by atoms with E-state index in [1.165, 1.54) is 13.2 Å². The molecule has 156 valence electrons. The number of benzene rings is 2. The molecule has 2 rings (SSSR count). The molecule has 0 spiro atoms. The first-order chi connectivity index (χ1) is 13.8. The van der Waals surface area contributed by atoms with Crippen molar-refractivity contribution >= 4 is 29.1 Å². The molecule has 0 fully saturated rings. The highest BCUT2D eigenvalue weighted by molar-refractivity contribution is 6.32. The Morgan fingerprint density at radius 1 is 1.31 bits per heavy atom. The lowest BCUT2D eigenvalue weighted by Gasteiger charge is -2.33. The van der Waals surface area contributed by atoms with Gasteiger partial charge in [-0.25, -0.2) is 4.79 Å². The minimum atomic E-state index is -1.60. The number of hydrogen-bond acceptors (Lipinski definition) is 6. The lowest BCUT2D eigenvalue weighted by Crippen LogP contribution is -2.43. The quantitative estimate of drug-likeness (QED) is 0.293. The summed E-state index contributed by atoms with van der Waals surface area (Å²) in [7, 11) is 1.45. The molecule has 6 N–H and O–H groups in total. The number of ether oxygens (including phenoxy) is 2. The molecule has 8 nitrogen and oxygen atoms in total. The molecule has 0 bridgehead atoms. The first-order valence-corrected chi connectivity index (χ1v) is 9.24. The highest BCUT2D eigenvalue weighted by Crippen LogP contribution is 2.43. The average molecular weight is 422 g/mol. The van der Waals surface area contributed by atoms with Gasteiger partial charge in [-0.05, 0) is 36.8 Å². The molecule has 0 aromatic heterocycles. The van der Waals surface area contributed by atoms with E-state index in [0.717, 1.165) is 0 Å². The van der Waals surface area contributed by atoms with Gasteiger partial charge < -0.3 is 30.7 Å². The van der Waals surface area contributed by atoms with Gasteiger partial charge in [0.15, 0.2) is 5.54 Å². The molecule has 9 heteroatoms. The van der Waals surface area contributed by atoms with Crippen LogP contribution in [0, 0.1) is 5.41 Å². The van der Waals surface area contributed by atoms with E-state index in [1.54, 1.807) is 37.3 Å². The number of halogens is 1. The number of methoxy groups -OCH3 is 1. The third kappa shape index (κ3) is 4.72. The van der Waals surface area contributed by atoms with Crippen LogP contribution in [-0.4, -0.2) is 42.3 Å². The number of hydrogen-bond donors (Lipinski definition) is 5. The Hall–Kier alpha value is -2.97. The number of aliphatic carboxylic acids is 1. The number of nitrogens with one attached hydrogen (secondary N) is 2. The second-order valence-corrected chi connectivity index (χ2v) is 6.65. The topological polar surface area (TPSA) is 138 Å². The fourth-order valence-corrected chi connectivity index (χ4v) is 3.21. The number of aliphatic hydroxyl groups is 1. The van der Waals surface area contributed by atoms with Crippen molar-refractivity contribution in [1.82, 2.24) is 0 Å². The molecule has 0 aliphatic rings. The molecule has 1 atom stereocenters. The Morgan fingerprint density at radius 3 is 2.45 bits per heavy atom. The maximum absolute atomic E-state index is 12.5. The molecule has 1 unspecified atom stereocenters. The van der Waals surface area contributed by atoms with E-state index in [1.807, 2.05) is 0 Å². The van der Waals surface area contributed by atoms with Gasteiger partial charge >= 0.3 is 5.97 Å². The Labute approximate surface area is 173 Å². The van der Waals surface area contributed by atoms with Crippen molar-refractivity contribution in [3.05, 3.63) is 52.5 Å². The van der Waals surface area contributed by atoms with Crippen molar-refractivity contribution in [1.29, 1.82) is 5.41 Å². The Bertz CT molecular complexity index is 888. The predicted octanol–water partition coefficient (Wildman–Crippen LogP) is 2.81. The zero-order valence-electron chi connectivity index (χ0n) is 16.2. The molecule has 0 radical (unpaired) electrons. The summed E-state index contributed by atoms with van der Waals surface area (Å²) in [6.07, 6.45) is 0.149.